The summed E-state index contributed by atoms with van der Waals surface area (Å²) in [6.07, 6.45) is 4.30. The van der Waals surface area contributed by atoms with Crippen molar-refractivity contribution < 1.29 is 9.53 Å². The molecule has 2 aromatic rings. The summed E-state index contributed by atoms with van der Waals surface area (Å²) in [5.41, 5.74) is 0. The molecule has 3 rings (SSSR count). The maximum atomic E-state index is 11.9. The Morgan fingerprint density at radius 3 is 3.16 bits per heavy atom. The summed E-state index contributed by atoms with van der Waals surface area (Å²) in [4.78, 5) is 16.1. The van der Waals surface area contributed by atoms with Crippen LogP contribution in [0, 0.1) is 5.92 Å². The Labute approximate surface area is 113 Å². The van der Waals surface area contributed by atoms with Gasteiger partial charge in [0.25, 0.3) is 0 Å². The molecular weight excluding hydrogens is 266 g/mol. The number of carbonyl (C=O) groups is 1. The summed E-state index contributed by atoms with van der Waals surface area (Å²) >= 11 is 1.31. The monoisotopic (exact) mass is 279 g/mol. The SMILES string of the molecule is Cn1ccnc1-c1nnc(NC(=O)C2CCOC2)s1. The number of nitrogens with one attached hydrogen (secondary N) is 1. The van der Waals surface area contributed by atoms with Gasteiger partial charge in [-0.05, 0) is 6.42 Å². The van der Waals surface area contributed by atoms with E-state index in [2.05, 4.69) is 20.5 Å². The predicted molar refractivity (Wildman–Crippen MR) is 69.7 cm³/mol. The van der Waals surface area contributed by atoms with E-state index in [4.69, 9.17) is 4.74 Å². The number of anilines is 1. The highest BCUT2D eigenvalue weighted by Gasteiger charge is 2.24. The summed E-state index contributed by atoms with van der Waals surface area (Å²) in [6, 6.07) is 0. The molecule has 0 saturated carbocycles. The van der Waals surface area contributed by atoms with Crippen LogP contribution in [-0.2, 0) is 16.6 Å². The highest BCUT2D eigenvalue weighted by atomic mass is 32.1. The van der Waals surface area contributed by atoms with Gasteiger partial charge in [0.05, 0.1) is 12.5 Å². The second kappa shape index (κ2) is 5.06. The first-order valence-electron chi connectivity index (χ1n) is 5.94. The summed E-state index contributed by atoms with van der Waals surface area (Å²) in [5.74, 6) is 0.600. The zero-order valence-electron chi connectivity index (χ0n) is 10.4. The van der Waals surface area contributed by atoms with E-state index in [-0.39, 0.29) is 11.8 Å². The van der Waals surface area contributed by atoms with E-state index < -0.39 is 0 Å². The minimum Gasteiger partial charge on any atom is -0.381 e. The van der Waals surface area contributed by atoms with Gasteiger partial charge >= 0.3 is 0 Å². The lowest BCUT2D eigenvalue weighted by atomic mass is 10.1. The predicted octanol–water partition coefficient (Wildman–Crippen LogP) is 0.914. The molecule has 7 nitrogen and oxygen atoms in total. The molecule has 0 spiro atoms. The first-order valence-corrected chi connectivity index (χ1v) is 6.75. The van der Waals surface area contributed by atoms with Crippen LogP contribution in [0.4, 0.5) is 5.13 Å². The number of amides is 1. The number of hydrogen-bond donors (Lipinski definition) is 1. The van der Waals surface area contributed by atoms with Crippen LogP contribution in [0.25, 0.3) is 10.8 Å². The van der Waals surface area contributed by atoms with Crippen LogP contribution >= 0.6 is 11.3 Å². The molecule has 3 heterocycles. The molecule has 1 saturated heterocycles. The summed E-state index contributed by atoms with van der Waals surface area (Å²) in [5, 5.41) is 12.0. The number of aryl methyl sites for hydroxylation is 1. The second-order valence-electron chi connectivity index (χ2n) is 4.32. The lowest BCUT2D eigenvalue weighted by molar-refractivity contribution is -0.119. The van der Waals surface area contributed by atoms with E-state index >= 15 is 0 Å². The molecule has 1 unspecified atom stereocenters. The van der Waals surface area contributed by atoms with Crippen molar-refractivity contribution in [3.8, 4) is 10.8 Å². The lowest BCUT2D eigenvalue weighted by Crippen LogP contribution is -2.22. The minimum absolute atomic E-state index is 0.0555. The fraction of sp³-hybridized carbons (Fsp3) is 0.455. The molecule has 0 aliphatic carbocycles. The average molecular weight is 279 g/mol. The van der Waals surface area contributed by atoms with Crippen molar-refractivity contribution >= 4 is 22.4 Å². The second-order valence-corrected chi connectivity index (χ2v) is 5.30. The van der Waals surface area contributed by atoms with Crippen LogP contribution in [-0.4, -0.2) is 38.9 Å². The number of aromatic nitrogens is 4. The highest BCUT2D eigenvalue weighted by Crippen LogP contribution is 2.25. The van der Waals surface area contributed by atoms with Gasteiger partial charge in [-0.1, -0.05) is 11.3 Å². The Morgan fingerprint density at radius 1 is 1.58 bits per heavy atom. The van der Waals surface area contributed by atoms with E-state index in [0.717, 1.165) is 12.2 Å². The molecule has 0 bridgehead atoms. The standard InChI is InChI=1S/C11H13N5O2S/c1-16-4-3-12-8(16)10-14-15-11(19-10)13-9(17)7-2-5-18-6-7/h3-4,7H,2,5-6H2,1H3,(H,13,15,17). The smallest absolute Gasteiger partial charge is 0.231 e. The van der Waals surface area contributed by atoms with Gasteiger partial charge in [-0.2, -0.15) is 0 Å². The zero-order valence-corrected chi connectivity index (χ0v) is 11.2. The topological polar surface area (TPSA) is 81.9 Å². The van der Waals surface area contributed by atoms with E-state index in [9.17, 15) is 4.79 Å². The summed E-state index contributed by atoms with van der Waals surface area (Å²) < 4.78 is 7.05. The molecule has 0 aromatic carbocycles. The molecule has 19 heavy (non-hydrogen) atoms. The van der Waals surface area contributed by atoms with Gasteiger partial charge < -0.3 is 14.6 Å². The number of nitrogens with zero attached hydrogens (tertiary/aromatic N) is 4. The number of ether oxygens (including phenoxy) is 1. The van der Waals surface area contributed by atoms with Crippen molar-refractivity contribution in [3.63, 3.8) is 0 Å². The Balaban J connectivity index is 1.71. The van der Waals surface area contributed by atoms with E-state index in [0.29, 0.717) is 23.4 Å². The zero-order chi connectivity index (χ0) is 13.2. The third kappa shape index (κ3) is 2.49. The minimum atomic E-state index is -0.0829. The summed E-state index contributed by atoms with van der Waals surface area (Å²) in [7, 11) is 1.89. The van der Waals surface area contributed by atoms with Crippen LogP contribution in [0.15, 0.2) is 12.4 Å². The van der Waals surface area contributed by atoms with E-state index in [1.54, 1.807) is 6.20 Å². The van der Waals surface area contributed by atoms with Crippen LogP contribution in [0.2, 0.25) is 0 Å². The average Bonchev–Trinajstić information content (AvgIpc) is 3.08. The lowest BCUT2D eigenvalue weighted by Gasteiger charge is -2.05. The normalized spacial score (nSPS) is 18.7. The van der Waals surface area contributed by atoms with Gasteiger partial charge in [0.15, 0.2) is 10.8 Å². The van der Waals surface area contributed by atoms with Crippen LogP contribution in [0.5, 0.6) is 0 Å². The maximum Gasteiger partial charge on any atom is 0.231 e. The van der Waals surface area contributed by atoms with Crippen molar-refractivity contribution in [3.05, 3.63) is 12.4 Å². The number of imidazole rings is 1. The number of carbonyl (C=O) groups excluding carboxylic acids is 1. The van der Waals surface area contributed by atoms with Gasteiger partial charge in [0.1, 0.15) is 0 Å². The van der Waals surface area contributed by atoms with Gasteiger partial charge in [-0.15, -0.1) is 10.2 Å². The van der Waals surface area contributed by atoms with Crippen molar-refractivity contribution in [1.82, 2.24) is 19.7 Å². The van der Waals surface area contributed by atoms with Crippen molar-refractivity contribution in [2.45, 2.75) is 6.42 Å². The molecule has 1 aliphatic rings. The Bertz CT molecular complexity index is 587. The fourth-order valence-electron chi connectivity index (χ4n) is 1.88. The third-order valence-electron chi connectivity index (χ3n) is 2.97. The molecule has 1 fully saturated rings. The quantitative estimate of drug-likeness (QED) is 0.903. The van der Waals surface area contributed by atoms with E-state index in [1.165, 1.54) is 11.3 Å². The van der Waals surface area contributed by atoms with E-state index in [1.807, 2.05) is 17.8 Å². The highest BCUT2D eigenvalue weighted by molar-refractivity contribution is 7.18. The number of rotatable bonds is 3. The Hall–Kier alpha value is -1.80. The first-order chi connectivity index (χ1) is 9.24. The molecule has 1 N–H and O–H groups in total. The third-order valence-corrected chi connectivity index (χ3v) is 3.80. The van der Waals surface area contributed by atoms with Gasteiger partial charge in [-0.3, -0.25) is 4.79 Å². The van der Waals surface area contributed by atoms with Gasteiger partial charge in [0.2, 0.25) is 11.0 Å². The first kappa shape index (κ1) is 12.2. The Morgan fingerprint density at radius 2 is 2.47 bits per heavy atom. The van der Waals surface area contributed by atoms with Crippen LogP contribution in [0.3, 0.4) is 0 Å². The van der Waals surface area contributed by atoms with Crippen LogP contribution < -0.4 is 5.32 Å². The molecule has 1 amide bonds. The maximum absolute atomic E-state index is 11.9. The molecule has 1 atom stereocenters. The van der Waals surface area contributed by atoms with Crippen molar-refractivity contribution in [1.29, 1.82) is 0 Å². The fourth-order valence-corrected chi connectivity index (χ4v) is 2.67. The van der Waals surface area contributed by atoms with Gasteiger partial charge in [-0.25, -0.2) is 4.98 Å². The molecule has 0 radical (unpaired) electrons. The number of hydrogen-bond acceptors (Lipinski definition) is 6. The molecule has 2 aromatic heterocycles. The summed E-state index contributed by atoms with van der Waals surface area (Å²) in [6.45, 7) is 1.13. The van der Waals surface area contributed by atoms with Crippen molar-refractivity contribution in [2.24, 2.45) is 13.0 Å². The molecule has 8 heteroatoms. The molecule has 1 aliphatic heterocycles. The van der Waals surface area contributed by atoms with Crippen LogP contribution in [0.1, 0.15) is 6.42 Å². The van der Waals surface area contributed by atoms with Crippen molar-refractivity contribution in [2.75, 3.05) is 18.5 Å². The Kier molecular flexibility index (Phi) is 3.26. The molecular formula is C11H13N5O2S. The van der Waals surface area contributed by atoms with Gasteiger partial charge in [0, 0.05) is 26.0 Å². The largest absolute Gasteiger partial charge is 0.381 e. The molecule has 100 valence electrons.